The SMILES string of the molecule is CC1(C)CCCN(C(=O)N2CCOC(C(=O)OCc3ccccc3)C2)C1. The van der Waals surface area contributed by atoms with Gasteiger partial charge in [-0.05, 0) is 23.8 Å². The van der Waals surface area contributed by atoms with Crippen molar-refractivity contribution in [3.63, 3.8) is 0 Å². The minimum absolute atomic E-state index is 0.00179. The number of nitrogens with zero attached hydrogens (tertiary/aromatic N) is 2. The molecule has 2 heterocycles. The molecule has 2 aliphatic heterocycles. The van der Waals surface area contributed by atoms with Gasteiger partial charge in [-0.2, -0.15) is 0 Å². The molecule has 0 saturated carbocycles. The van der Waals surface area contributed by atoms with Gasteiger partial charge in [0.05, 0.1) is 13.2 Å². The Morgan fingerprint density at radius 1 is 1.19 bits per heavy atom. The highest BCUT2D eigenvalue weighted by molar-refractivity contribution is 5.78. The lowest BCUT2D eigenvalue weighted by molar-refractivity contribution is -0.163. The number of piperidine rings is 1. The van der Waals surface area contributed by atoms with Crippen LogP contribution in [-0.4, -0.2) is 60.7 Å². The molecule has 1 aromatic carbocycles. The number of likely N-dealkylation sites (tertiary alicyclic amines) is 1. The molecule has 2 amide bonds. The van der Waals surface area contributed by atoms with Crippen LogP contribution < -0.4 is 0 Å². The maximum Gasteiger partial charge on any atom is 0.337 e. The third kappa shape index (κ3) is 4.75. The fourth-order valence-electron chi connectivity index (χ4n) is 3.57. The number of hydrogen-bond acceptors (Lipinski definition) is 4. The number of ether oxygens (including phenoxy) is 2. The van der Waals surface area contributed by atoms with E-state index in [0.717, 1.165) is 31.5 Å². The molecular formula is C20H28N2O4. The maximum absolute atomic E-state index is 12.8. The van der Waals surface area contributed by atoms with E-state index in [0.29, 0.717) is 13.2 Å². The molecule has 1 aromatic rings. The molecule has 0 spiro atoms. The second kappa shape index (κ2) is 8.08. The van der Waals surface area contributed by atoms with Crippen LogP contribution in [0.5, 0.6) is 0 Å². The molecule has 142 valence electrons. The first-order chi connectivity index (χ1) is 12.4. The second-order valence-electron chi connectivity index (χ2n) is 7.87. The van der Waals surface area contributed by atoms with E-state index in [1.165, 1.54) is 0 Å². The van der Waals surface area contributed by atoms with Crippen molar-refractivity contribution in [2.24, 2.45) is 5.41 Å². The topological polar surface area (TPSA) is 59.1 Å². The molecule has 0 bridgehead atoms. The largest absolute Gasteiger partial charge is 0.459 e. The van der Waals surface area contributed by atoms with E-state index in [-0.39, 0.29) is 24.6 Å². The van der Waals surface area contributed by atoms with E-state index >= 15 is 0 Å². The second-order valence-corrected chi connectivity index (χ2v) is 7.87. The van der Waals surface area contributed by atoms with Gasteiger partial charge in [0.2, 0.25) is 0 Å². The van der Waals surface area contributed by atoms with Gasteiger partial charge >= 0.3 is 12.0 Å². The van der Waals surface area contributed by atoms with Gasteiger partial charge in [0.25, 0.3) is 0 Å². The van der Waals surface area contributed by atoms with E-state index in [9.17, 15) is 9.59 Å². The predicted octanol–water partition coefficient (Wildman–Crippen LogP) is 2.67. The first-order valence-electron chi connectivity index (χ1n) is 9.31. The third-order valence-electron chi connectivity index (χ3n) is 4.99. The van der Waals surface area contributed by atoms with Gasteiger partial charge in [0, 0.05) is 19.6 Å². The van der Waals surface area contributed by atoms with Crippen LogP contribution >= 0.6 is 0 Å². The molecule has 0 radical (unpaired) electrons. The molecular weight excluding hydrogens is 332 g/mol. The van der Waals surface area contributed by atoms with E-state index in [2.05, 4.69) is 13.8 Å². The van der Waals surface area contributed by atoms with Gasteiger partial charge in [-0.3, -0.25) is 0 Å². The Balaban J connectivity index is 1.53. The number of rotatable bonds is 3. The molecule has 2 aliphatic rings. The molecule has 26 heavy (non-hydrogen) atoms. The number of amides is 2. The van der Waals surface area contributed by atoms with Gasteiger partial charge in [-0.1, -0.05) is 44.2 Å². The number of esters is 1. The molecule has 0 N–H and O–H groups in total. The van der Waals surface area contributed by atoms with Crippen LogP contribution in [0.2, 0.25) is 0 Å². The summed E-state index contributed by atoms with van der Waals surface area (Å²) in [6.45, 7) is 7.25. The number of carbonyl (C=O) groups is 2. The maximum atomic E-state index is 12.8. The Bertz CT molecular complexity index is 632. The quantitative estimate of drug-likeness (QED) is 0.778. The van der Waals surface area contributed by atoms with Crippen LogP contribution in [0.1, 0.15) is 32.3 Å². The zero-order chi connectivity index (χ0) is 18.6. The van der Waals surface area contributed by atoms with Crippen LogP contribution in [0.3, 0.4) is 0 Å². The Hall–Kier alpha value is -2.08. The van der Waals surface area contributed by atoms with Crippen molar-refractivity contribution in [1.29, 1.82) is 0 Å². The summed E-state index contributed by atoms with van der Waals surface area (Å²) < 4.78 is 10.9. The zero-order valence-electron chi connectivity index (χ0n) is 15.6. The summed E-state index contributed by atoms with van der Waals surface area (Å²) >= 11 is 0. The predicted molar refractivity (Wildman–Crippen MR) is 97.5 cm³/mol. The molecule has 0 aromatic heterocycles. The summed E-state index contributed by atoms with van der Waals surface area (Å²) in [6.07, 6.45) is 1.44. The fourth-order valence-corrected chi connectivity index (χ4v) is 3.57. The molecule has 1 atom stereocenters. The summed E-state index contributed by atoms with van der Waals surface area (Å²) in [5, 5.41) is 0. The van der Waals surface area contributed by atoms with Gasteiger partial charge in [0.15, 0.2) is 6.10 Å². The monoisotopic (exact) mass is 360 g/mol. The summed E-state index contributed by atoms with van der Waals surface area (Å²) in [4.78, 5) is 28.8. The fraction of sp³-hybridized carbons (Fsp3) is 0.600. The van der Waals surface area contributed by atoms with Crippen LogP contribution in [0.15, 0.2) is 30.3 Å². The number of hydrogen-bond donors (Lipinski definition) is 0. The van der Waals surface area contributed by atoms with Crippen molar-refractivity contribution in [1.82, 2.24) is 9.80 Å². The molecule has 3 rings (SSSR count). The Morgan fingerprint density at radius 3 is 2.69 bits per heavy atom. The molecule has 0 aliphatic carbocycles. The van der Waals surface area contributed by atoms with Crippen molar-refractivity contribution < 1.29 is 19.1 Å². The van der Waals surface area contributed by atoms with Crippen LogP contribution in [0.4, 0.5) is 4.79 Å². The average molecular weight is 360 g/mol. The van der Waals surface area contributed by atoms with Crippen molar-refractivity contribution in [3.05, 3.63) is 35.9 Å². The minimum Gasteiger partial charge on any atom is -0.459 e. The molecule has 6 nitrogen and oxygen atoms in total. The van der Waals surface area contributed by atoms with Crippen LogP contribution in [-0.2, 0) is 20.9 Å². The first kappa shape index (κ1) is 18.7. The highest BCUT2D eigenvalue weighted by Crippen LogP contribution is 2.29. The number of carbonyl (C=O) groups excluding carboxylic acids is 2. The lowest BCUT2D eigenvalue weighted by atomic mass is 9.84. The summed E-state index contributed by atoms with van der Waals surface area (Å²) in [7, 11) is 0. The number of benzene rings is 1. The van der Waals surface area contributed by atoms with Crippen LogP contribution in [0.25, 0.3) is 0 Å². The molecule has 2 fully saturated rings. The van der Waals surface area contributed by atoms with E-state index in [1.807, 2.05) is 35.2 Å². The first-order valence-corrected chi connectivity index (χ1v) is 9.31. The lowest BCUT2D eigenvalue weighted by Gasteiger charge is -2.41. The Morgan fingerprint density at radius 2 is 1.96 bits per heavy atom. The van der Waals surface area contributed by atoms with E-state index < -0.39 is 12.1 Å². The normalized spacial score (nSPS) is 22.8. The smallest absolute Gasteiger partial charge is 0.337 e. The van der Waals surface area contributed by atoms with Crippen molar-refractivity contribution >= 4 is 12.0 Å². The summed E-state index contributed by atoms with van der Waals surface area (Å²) in [6, 6.07) is 9.54. The van der Waals surface area contributed by atoms with Crippen molar-refractivity contribution in [3.8, 4) is 0 Å². The summed E-state index contributed by atoms with van der Waals surface area (Å²) in [5.74, 6) is -0.412. The summed E-state index contributed by atoms with van der Waals surface area (Å²) in [5.41, 5.74) is 1.08. The Labute approximate surface area is 155 Å². The van der Waals surface area contributed by atoms with Crippen LogP contribution in [0, 0.1) is 5.41 Å². The molecule has 2 saturated heterocycles. The van der Waals surface area contributed by atoms with Gasteiger partial charge in [-0.15, -0.1) is 0 Å². The third-order valence-corrected chi connectivity index (χ3v) is 4.99. The van der Waals surface area contributed by atoms with Crippen molar-refractivity contribution in [2.45, 2.75) is 39.4 Å². The molecule has 1 unspecified atom stereocenters. The van der Waals surface area contributed by atoms with Crippen molar-refractivity contribution in [2.75, 3.05) is 32.8 Å². The minimum atomic E-state index is -0.714. The Kier molecular flexibility index (Phi) is 5.81. The number of urea groups is 1. The van der Waals surface area contributed by atoms with E-state index in [4.69, 9.17) is 9.47 Å². The molecule has 6 heteroatoms. The zero-order valence-corrected chi connectivity index (χ0v) is 15.6. The standard InChI is InChI=1S/C20H28N2O4/c1-20(2)9-6-10-22(15-20)19(24)21-11-12-25-17(13-21)18(23)26-14-16-7-4-3-5-8-16/h3-5,7-8,17H,6,9-15H2,1-2H3. The van der Waals surface area contributed by atoms with E-state index in [1.54, 1.807) is 4.90 Å². The number of morpholine rings is 1. The van der Waals surface area contributed by atoms with Gasteiger partial charge < -0.3 is 19.3 Å². The highest BCUT2D eigenvalue weighted by Gasteiger charge is 2.35. The van der Waals surface area contributed by atoms with Gasteiger partial charge in [0.1, 0.15) is 6.61 Å². The average Bonchev–Trinajstić information content (AvgIpc) is 2.65. The van der Waals surface area contributed by atoms with Gasteiger partial charge in [-0.25, -0.2) is 9.59 Å². The highest BCUT2D eigenvalue weighted by atomic mass is 16.6. The lowest BCUT2D eigenvalue weighted by Crippen LogP contribution is -2.55.